The maximum Gasteiger partial charge on any atom is 0.407 e. The molecule has 28 heavy (non-hydrogen) atoms. The largest absolute Gasteiger partial charge is 0.465 e. The number of benzene rings is 1. The first-order chi connectivity index (χ1) is 13.6. The Morgan fingerprint density at radius 2 is 1.79 bits per heavy atom. The summed E-state index contributed by atoms with van der Waals surface area (Å²) >= 11 is 6.03. The summed E-state index contributed by atoms with van der Waals surface area (Å²) in [5, 5.41) is 21.0. The zero-order valence-electron chi connectivity index (χ0n) is 15.1. The molecular formula is C20H20ClN5O2. The smallest absolute Gasteiger partial charge is 0.407 e. The van der Waals surface area contributed by atoms with Gasteiger partial charge in [-0.2, -0.15) is 5.10 Å². The van der Waals surface area contributed by atoms with Crippen LogP contribution in [0.3, 0.4) is 0 Å². The first kappa shape index (κ1) is 18.3. The molecular weight excluding hydrogens is 378 g/mol. The van der Waals surface area contributed by atoms with E-state index in [1.54, 1.807) is 12.4 Å². The van der Waals surface area contributed by atoms with Crippen LogP contribution in [0, 0.1) is 0 Å². The fourth-order valence-corrected chi connectivity index (χ4v) is 3.61. The van der Waals surface area contributed by atoms with E-state index in [0.717, 1.165) is 41.0 Å². The molecule has 144 valence electrons. The second-order valence-corrected chi connectivity index (χ2v) is 7.19. The van der Waals surface area contributed by atoms with Gasteiger partial charge < -0.3 is 15.3 Å². The second-order valence-electron chi connectivity index (χ2n) is 6.75. The molecule has 1 amide bonds. The van der Waals surface area contributed by atoms with Crippen molar-refractivity contribution >= 4 is 23.5 Å². The van der Waals surface area contributed by atoms with E-state index in [4.69, 9.17) is 16.7 Å². The third-order valence-corrected chi connectivity index (χ3v) is 5.23. The zero-order valence-corrected chi connectivity index (χ0v) is 15.9. The lowest BCUT2D eigenvalue weighted by Gasteiger charge is -2.30. The van der Waals surface area contributed by atoms with Gasteiger partial charge in [-0.15, -0.1) is 0 Å². The van der Waals surface area contributed by atoms with Crippen LogP contribution in [-0.2, 0) is 0 Å². The Balaban J connectivity index is 1.64. The van der Waals surface area contributed by atoms with Crippen LogP contribution >= 0.6 is 11.6 Å². The Morgan fingerprint density at radius 1 is 1.11 bits per heavy atom. The number of nitrogens with zero attached hydrogens (tertiary/aromatic N) is 3. The molecule has 1 saturated heterocycles. The summed E-state index contributed by atoms with van der Waals surface area (Å²) in [6, 6.07) is 11.7. The molecule has 0 unspecified atom stereocenters. The number of aromatic amines is 1. The lowest BCUT2D eigenvalue weighted by Crippen LogP contribution is -2.41. The number of carboxylic acid groups (broad SMARTS) is 1. The van der Waals surface area contributed by atoms with E-state index in [1.165, 1.54) is 4.90 Å². The minimum Gasteiger partial charge on any atom is -0.465 e. The number of nitrogens with one attached hydrogen (secondary N) is 2. The third kappa shape index (κ3) is 3.80. The van der Waals surface area contributed by atoms with Crippen LogP contribution < -0.4 is 5.32 Å². The van der Waals surface area contributed by atoms with Gasteiger partial charge in [-0.25, -0.2) is 4.79 Å². The first-order valence-corrected chi connectivity index (χ1v) is 9.48. The maximum atomic E-state index is 11.1. The second kappa shape index (κ2) is 7.90. The molecule has 0 aliphatic carbocycles. The van der Waals surface area contributed by atoms with Gasteiger partial charge in [0, 0.05) is 42.1 Å². The Kier molecular flexibility index (Phi) is 5.16. The standard InChI is InChI=1S/C20H20ClN5O2/c21-15-3-1-14(2-4-15)18-17(13-5-9-22-10-6-13)19(25-24-18)23-16-7-11-26(12-8-16)20(27)28/h1-6,9-10,16H,7-8,11-12H2,(H,27,28)(H2,23,24,25). The number of aromatic nitrogens is 3. The van der Waals surface area contributed by atoms with E-state index in [9.17, 15) is 4.79 Å². The molecule has 8 heteroatoms. The van der Waals surface area contributed by atoms with E-state index in [0.29, 0.717) is 18.1 Å². The van der Waals surface area contributed by atoms with Crippen molar-refractivity contribution in [3.05, 3.63) is 53.8 Å². The number of amides is 1. The van der Waals surface area contributed by atoms with E-state index >= 15 is 0 Å². The van der Waals surface area contributed by atoms with Gasteiger partial charge in [0.05, 0.1) is 11.3 Å². The summed E-state index contributed by atoms with van der Waals surface area (Å²) in [4.78, 5) is 16.7. The van der Waals surface area contributed by atoms with Crippen molar-refractivity contribution in [3.63, 3.8) is 0 Å². The van der Waals surface area contributed by atoms with Crippen molar-refractivity contribution in [1.82, 2.24) is 20.1 Å². The number of hydrogen-bond donors (Lipinski definition) is 3. The van der Waals surface area contributed by atoms with Gasteiger partial charge in [0.15, 0.2) is 5.82 Å². The van der Waals surface area contributed by atoms with E-state index in [2.05, 4.69) is 20.5 Å². The summed E-state index contributed by atoms with van der Waals surface area (Å²) in [7, 11) is 0. The van der Waals surface area contributed by atoms with Gasteiger partial charge in [-0.1, -0.05) is 23.7 Å². The van der Waals surface area contributed by atoms with Gasteiger partial charge >= 0.3 is 6.09 Å². The SMILES string of the molecule is O=C(O)N1CCC(Nc2n[nH]c(-c3ccc(Cl)cc3)c2-c2ccncc2)CC1. The van der Waals surface area contributed by atoms with Crippen molar-refractivity contribution in [1.29, 1.82) is 0 Å². The molecule has 0 radical (unpaired) electrons. The molecule has 1 fully saturated rings. The Labute approximate surface area is 167 Å². The molecule has 1 aromatic carbocycles. The van der Waals surface area contributed by atoms with Crippen LogP contribution in [0.15, 0.2) is 48.8 Å². The van der Waals surface area contributed by atoms with Gasteiger partial charge in [-0.05, 0) is 42.7 Å². The molecule has 7 nitrogen and oxygen atoms in total. The predicted octanol–water partition coefficient (Wildman–Crippen LogP) is 4.35. The number of anilines is 1. The Hall–Kier alpha value is -3.06. The fourth-order valence-electron chi connectivity index (χ4n) is 3.48. The van der Waals surface area contributed by atoms with Crippen LogP contribution in [0.2, 0.25) is 5.02 Å². The minimum atomic E-state index is -0.860. The molecule has 0 bridgehead atoms. The van der Waals surface area contributed by atoms with Crippen LogP contribution in [0.1, 0.15) is 12.8 Å². The zero-order chi connectivity index (χ0) is 19.5. The monoisotopic (exact) mass is 397 g/mol. The Morgan fingerprint density at radius 3 is 2.43 bits per heavy atom. The lowest BCUT2D eigenvalue weighted by molar-refractivity contribution is 0.134. The highest BCUT2D eigenvalue weighted by Crippen LogP contribution is 2.37. The molecule has 0 spiro atoms. The quantitative estimate of drug-likeness (QED) is 0.608. The number of piperidine rings is 1. The number of carbonyl (C=O) groups is 1. The Bertz CT molecular complexity index is 950. The average Bonchev–Trinajstić information content (AvgIpc) is 3.13. The van der Waals surface area contributed by atoms with Gasteiger partial charge in [0.2, 0.25) is 0 Å². The first-order valence-electron chi connectivity index (χ1n) is 9.11. The molecule has 3 aromatic rings. The molecule has 1 aliphatic heterocycles. The predicted molar refractivity (Wildman–Crippen MR) is 109 cm³/mol. The average molecular weight is 398 g/mol. The summed E-state index contributed by atoms with van der Waals surface area (Å²) in [6.45, 7) is 1.04. The number of halogens is 1. The van der Waals surface area contributed by atoms with Gasteiger partial charge in [0.1, 0.15) is 0 Å². The number of likely N-dealkylation sites (tertiary alicyclic amines) is 1. The summed E-state index contributed by atoms with van der Waals surface area (Å²) in [5.74, 6) is 0.755. The molecule has 0 atom stereocenters. The lowest BCUT2D eigenvalue weighted by atomic mass is 10.0. The normalized spacial score (nSPS) is 14.8. The molecule has 1 aliphatic rings. The molecule has 2 aromatic heterocycles. The number of pyridine rings is 1. The number of H-pyrrole nitrogens is 1. The maximum absolute atomic E-state index is 11.1. The van der Waals surface area contributed by atoms with E-state index in [-0.39, 0.29) is 6.04 Å². The van der Waals surface area contributed by atoms with Gasteiger partial charge in [-0.3, -0.25) is 10.1 Å². The molecule has 3 heterocycles. The number of rotatable bonds is 4. The summed E-state index contributed by atoms with van der Waals surface area (Å²) in [6.07, 6.45) is 4.13. The highest BCUT2D eigenvalue weighted by molar-refractivity contribution is 6.30. The van der Waals surface area contributed by atoms with Crippen molar-refractivity contribution in [2.75, 3.05) is 18.4 Å². The van der Waals surface area contributed by atoms with Crippen molar-refractivity contribution < 1.29 is 9.90 Å². The summed E-state index contributed by atoms with van der Waals surface area (Å²) < 4.78 is 0. The highest BCUT2D eigenvalue weighted by atomic mass is 35.5. The van der Waals surface area contributed by atoms with E-state index in [1.807, 2.05) is 36.4 Å². The van der Waals surface area contributed by atoms with Crippen LogP contribution in [0.4, 0.5) is 10.6 Å². The fraction of sp³-hybridized carbons (Fsp3) is 0.250. The third-order valence-electron chi connectivity index (χ3n) is 4.97. The highest BCUT2D eigenvalue weighted by Gasteiger charge is 2.25. The van der Waals surface area contributed by atoms with Crippen molar-refractivity contribution in [2.24, 2.45) is 0 Å². The van der Waals surface area contributed by atoms with E-state index < -0.39 is 6.09 Å². The molecule has 3 N–H and O–H groups in total. The van der Waals surface area contributed by atoms with Crippen LogP contribution in [-0.4, -0.2) is 50.4 Å². The molecule has 0 saturated carbocycles. The van der Waals surface area contributed by atoms with Crippen LogP contribution in [0.25, 0.3) is 22.4 Å². The summed E-state index contributed by atoms with van der Waals surface area (Å²) in [5.41, 5.74) is 3.84. The van der Waals surface area contributed by atoms with Crippen molar-refractivity contribution in [3.8, 4) is 22.4 Å². The minimum absolute atomic E-state index is 0.164. The van der Waals surface area contributed by atoms with Crippen LogP contribution in [0.5, 0.6) is 0 Å². The number of hydrogen-bond acceptors (Lipinski definition) is 4. The van der Waals surface area contributed by atoms with Gasteiger partial charge in [0.25, 0.3) is 0 Å². The molecule has 4 rings (SSSR count). The topological polar surface area (TPSA) is 94.1 Å². The van der Waals surface area contributed by atoms with Crippen molar-refractivity contribution in [2.45, 2.75) is 18.9 Å².